The molecule has 4 aromatic carbocycles. The van der Waals surface area contributed by atoms with Crippen molar-refractivity contribution in [3.63, 3.8) is 0 Å². The normalized spacial score (nSPS) is 11.4. The Morgan fingerprint density at radius 2 is 0.906 bits per heavy atom. The van der Waals surface area contributed by atoms with Gasteiger partial charge in [0.1, 0.15) is 0 Å². The molecule has 0 bridgehead atoms. The van der Waals surface area contributed by atoms with Gasteiger partial charge in [0.15, 0.2) is 0 Å². The van der Waals surface area contributed by atoms with Crippen molar-refractivity contribution in [2.45, 2.75) is 26.9 Å². The van der Waals surface area contributed by atoms with Crippen molar-refractivity contribution in [2.75, 3.05) is 0 Å². The number of hydrogen-bond donors (Lipinski definition) is 0. The van der Waals surface area contributed by atoms with E-state index >= 15 is 0 Å². The van der Waals surface area contributed by atoms with E-state index < -0.39 is 0 Å². The fourth-order valence-electron chi connectivity index (χ4n) is 5.22. The van der Waals surface area contributed by atoms with Gasteiger partial charge in [0.05, 0.1) is 11.0 Å². The van der Waals surface area contributed by atoms with Gasteiger partial charge in [0.25, 0.3) is 0 Å². The van der Waals surface area contributed by atoms with Crippen LogP contribution in [0.4, 0.5) is 0 Å². The van der Waals surface area contributed by atoms with Gasteiger partial charge >= 0.3 is 0 Å². The van der Waals surface area contributed by atoms with E-state index in [4.69, 9.17) is 0 Å². The van der Waals surface area contributed by atoms with Crippen LogP contribution in [0.15, 0.2) is 84.9 Å². The van der Waals surface area contributed by atoms with Crippen molar-refractivity contribution in [1.29, 1.82) is 0 Å². The number of rotatable bonds is 2. The molecule has 0 saturated heterocycles. The minimum atomic E-state index is 0.941. The molecule has 0 aliphatic rings. The molecule has 2 heterocycles. The van der Waals surface area contributed by atoms with E-state index in [0.717, 1.165) is 24.2 Å². The molecule has 2 heteroatoms. The average molecular weight is 413 g/mol. The first-order valence-electron chi connectivity index (χ1n) is 11.3. The molecule has 0 spiro atoms. The molecule has 0 fully saturated rings. The molecular weight excluding hydrogens is 388 g/mol. The zero-order chi connectivity index (χ0) is 21.7. The fraction of sp³-hybridized carbons (Fsp3) is 0.133. The molecule has 0 atom stereocenters. The predicted octanol–water partition coefficient (Wildman–Crippen LogP) is 7.34. The Labute approximate surface area is 187 Å². The van der Waals surface area contributed by atoms with E-state index in [-0.39, 0.29) is 0 Å². The summed E-state index contributed by atoms with van der Waals surface area (Å²) in [6, 6.07) is 30.3. The summed E-state index contributed by atoms with van der Waals surface area (Å²) in [4.78, 5) is 0. The number of fused-ring (bicyclic) bond motifs is 6. The Hall–Kier alpha value is -3.96. The monoisotopic (exact) mass is 412 g/mol. The molecular formula is C30H24N2. The molecule has 0 aliphatic heterocycles. The van der Waals surface area contributed by atoms with Gasteiger partial charge in [0.2, 0.25) is 0 Å². The summed E-state index contributed by atoms with van der Waals surface area (Å²) in [7, 11) is 0. The van der Waals surface area contributed by atoms with Crippen LogP contribution in [0.3, 0.4) is 0 Å². The van der Waals surface area contributed by atoms with Crippen molar-refractivity contribution in [1.82, 2.24) is 9.13 Å². The van der Waals surface area contributed by atoms with E-state index in [1.165, 1.54) is 43.6 Å². The minimum Gasteiger partial charge on any atom is -0.341 e. The van der Waals surface area contributed by atoms with Crippen LogP contribution < -0.4 is 0 Å². The Balaban J connectivity index is 1.63. The van der Waals surface area contributed by atoms with Gasteiger partial charge in [0, 0.05) is 56.8 Å². The Bertz CT molecular complexity index is 1570. The van der Waals surface area contributed by atoms with Gasteiger partial charge < -0.3 is 9.13 Å². The van der Waals surface area contributed by atoms with Crippen LogP contribution >= 0.6 is 0 Å². The molecule has 2 aromatic heterocycles. The maximum Gasteiger partial charge on any atom is 0.0503 e. The highest BCUT2D eigenvalue weighted by Gasteiger charge is 2.13. The van der Waals surface area contributed by atoms with Crippen LogP contribution in [-0.2, 0) is 13.1 Å². The fourth-order valence-corrected chi connectivity index (χ4v) is 5.22. The summed E-state index contributed by atoms with van der Waals surface area (Å²) >= 11 is 0. The number of benzene rings is 4. The second-order valence-corrected chi connectivity index (χ2v) is 8.17. The van der Waals surface area contributed by atoms with Crippen LogP contribution in [0.1, 0.15) is 25.0 Å². The lowest BCUT2D eigenvalue weighted by Crippen LogP contribution is -1.92. The van der Waals surface area contributed by atoms with Gasteiger partial charge in [-0.1, -0.05) is 60.4 Å². The maximum atomic E-state index is 3.55. The first-order valence-corrected chi connectivity index (χ1v) is 11.3. The average Bonchev–Trinajstić information content (AvgIpc) is 3.35. The molecule has 6 aromatic rings. The molecule has 0 N–H and O–H groups in total. The first-order chi connectivity index (χ1) is 15.8. The van der Waals surface area contributed by atoms with Crippen molar-refractivity contribution in [2.24, 2.45) is 0 Å². The zero-order valence-corrected chi connectivity index (χ0v) is 18.4. The second-order valence-electron chi connectivity index (χ2n) is 8.17. The molecule has 0 saturated carbocycles. The third-order valence-electron chi connectivity index (χ3n) is 6.56. The largest absolute Gasteiger partial charge is 0.341 e. The highest BCUT2D eigenvalue weighted by atomic mass is 15.0. The Morgan fingerprint density at radius 3 is 1.34 bits per heavy atom. The minimum absolute atomic E-state index is 0.941. The van der Waals surface area contributed by atoms with Crippen LogP contribution in [0.25, 0.3) is 43.6 Å². The van der Waals surface area contributed by atoms with E-state index in [9.17, 15) is 0 Å². The number of para-hydroxylation sites is 2. The third-order valence-corrected chi connectivity index (χ3v) is 6.56. The molecule has 0 aliphatic carbocycles. The maximum absolute atomic E-state index is 3.55. The third kappa shape index (κ3) is 2.61. The van der Waals surface area contributed by atoms with Crippen LogP contribution in [0.5, 0.6) is 0 Å². The summed E-state index contributed by atoms with van der Waals surface area (Å²) in [5.41, 5.74) is 7.21. The molecule has 2 nitrogen and oxygen atoms in total. The van der Waals surface area contributed by atoms with Crippen molar-refractivity contribution in [3.05, 3.63) is 96.1 Å². The SMILES string of the molecule is CCn1c2ccccc2c2c(C#Cc3cccc4c3c3ccccc3n4CC)cccc21. The second kappa shape index (κ2) is 7.32. The first kappa shape index (κ1) is 18.8. The summed E-state index contributed by atoms with van der Waals surface area (Å²) in [5.74, 6) is 7.09. The number of aromatic nitrogens is 2. The Kier molecular flexibility index (Phi) is 4.30. The van der Waals surface area contributed by atoms with Gasteiger partial charge in [-0.25, -0.2) is 0 Å². The van der Waals surface area contributed by atoms with Gasteiger partial charge in [-0.15, -0.1) is 0 Å². The van der Waals surface area contributed by atoms with Gasteiger partial charge in [-0.3, -0.25) is 0 Å². The number of hydrogen-bond acceptors (Lipinski definition) is 0. The lowest BCUT2D eigenvalue weighted by atomic mass is 10.0. The number of aryl methyl sites for hydroxylation is 2. The van der Waals surface area contributed by atoms with Crippen molar-refractivity contribution >= 4 is 43.6 Å². The Morgan fingerprint density at radius 1 is 0.500 bits per heavy atom. The lowest BCUT2D eigenvalue weighted by molar-refractivity contribution is 0.827. The van der Waals surface area contributed by atoms with E-state index in [1.807, 2.05) is 0 Å². The smallest absolute Gasteiger partial charge is 0.0503 e. The van der Waals surface area contributed by atoms with E-state index in [0.29, 0.717) is 0 Å². The van der Waals surface area contributed by atoms with Crippen molar-refractivity contribution < 1.29 is 0 Å². The van der Waals surface area contributed by atoms with Gasteiger partial charge in [-0.05, 0) is 50.2 Å². The molecule has 6 rings (SSSR count). The molecule has 0 radical (unpaired) electrons. The van der Waals surface area contributed by atoms with Crippen LogP contribution in [0.2, 0.25) is 0 Å². The summed E-state index contributed by atoms with van der Waals surface area (Å²) in [6.07, 6.45) is 0. The summed E-state index contributed by atoms with van der Waals surface area (Å²) in [5, 5.41) is 5.05. The highest BCUT2D eigenvalue weighted by Crippen LogP contribution is 2.33. The van der Waals surface area contributed by atoms with E-state index in [2.05, 4.69) is 120 Å². The number of nitrogens with zero attached hydrogens (tertiary/aromatic N) is 2. The molecule has 32 heavy (non-hydrogen) atoms. The van der Waals surface area contributed by atoms with Crippen LogP contribution in [0, 0.1) is 11.8 Å². The lowest BCUT2D eigenvalue weighted by Gasteiger charge is -2.03. The zero-order valence-electron chi connectivity index (χ0n) is 18.4. The molecule has 154 valence electrons. The van der Waals surface area contributed by atoms with E-state index in [1.54, 1.807) is 0 Å². The predicted molar refractivity (Wildman–Crippen MR) is 136 cm³/mol. The van der Waals surface area contributed by atoms with Crippen LogP contribution in [-0.4, -0.2) is 9.13 Å². The summed E-state index contributed by atoms with van der Waals surface area (Å²) < 4.78 is 4.76. The standard InChI is InChI=1S/C30H24N2/c1-3-31-25-15-7-5-13-23(25)29-21(11-9-17-27(29)31)19-20-22-12-10-18-28-30(22)24-14-6-8-16-26(24)32(28)4-2/h5-18H,3-4H2,1-2H3. The van der Waals surface area contributed by atoms with Gasteiger partial charge in [-0.2, -0.15) is 0 Å². The molecule has 0 amide bonds. The topological polar surface area (TPSA) is 9.86 Å². The molecule has 0 unspecified atom stereocenters. The highest BCUT2D eigenvalue weighted by molar-refractivity contribution is 6.12. The van der Waals surface area contributed by atoms with Crippen molar-refractivity contribution in [3.8, 4) is 11.8 Å². The quantitative estimate of drug-likeness (QED) is 0.263. The summed E-state index contributed by atoms with van der Waals surface area (Å²) in [6.45, 7) is 6.29.